The van der Waals surface area contributed by atoms with Crippen molar-refractivity contribution < 1.29 is 8.42 Å². The molecule has 182 valence electrons. The van der Waals surface area contributed by atoms with Crippen LogP contribution in [0.3, 0.4) is 0 Å². The summed E-state index contributed by atoms with van der Waals surface area (Å²) in [7, 11) is -3.87. The maximum atomic E-state index is 13.2. The first-order valence-corrected chi connectivity index (χ1v) is 14.2. The van der Waals surface area contributed by atoms with Crippen molar-refractivity contribution in [2.24, 2.45) is 5.92 Å². The van der Waals surface area contributed by atoms with Crippen LogP contribution in [-0.2, 0) is 10.0 Å². The van der Waals surface area contributed by atoms with Crippen LogP contribution < -0.4 is 10.0 Å². The van der Waals surface area contributed by atoms with Crippen molar-refractivity contribution in [3.63, 3.8) is 0 Å². The summed E-state index contributed by atoms with van der Waals surface area (Å²) in [4.78, 5) is 10.2. The molecule has 9 heteroatoms. The Labute approximate surface area is 211 Å². The molecule has 0 spiro atoms. The van der Waals surface area contributed by atoms with Gasteiger partial charge in [-0.3, -0.25) is 9.71 Å². The van der Waals surface area contributed by atoms with Crippen molar-refractivity contribution in [1.29, 1.82) is 0 Å². The van der Waals surface area contributed by atoms with E-state index in [1.54, 1.807) is 43.5 Å². The summed E-state index contributed by atoms with van der Waals surface area (Å²) in [5.41, 5.74) is 2.27. The van der Waals surface area contributed by atoms with Crippen LogP contribution in [0, 0.1) is 19.8 Å². The van der Waals surface area contributed by atoms with E-state index in [-0.39, 0.29) is 10.4 Å². The Hall–Kier alpha value is -2.16. The van der Waals surface area contributed by atoms with Crippen LogP contribution in [0.2, 0.25) is 5.02 Å². The lowest BCUT2D eigenvalue weighted by atomic mass is 9.77. The van der Waals surface area contributed by atoms with Gasteiger partial charge in [-0.1, -0.05) is 54.3 Å². The molecule has 2 heterocycles. The third-order valence-electron chi connectivity index (χ3n) is 6.56. The molecular formula is C25H31ClN4O2S2. The topological polar surface area (TPSA) is 84.0 Å². The smallest absolute Gasteiger partial charge is 0.263 e. The Balaban J connectivity index is 1.61. The van der Waals surface area contributed by atoms with E-state index < -0.39 is 10.0 Å². The van der Waals surface area contributed by atoms with E-state index in [0.29, 0.717) is 22.3 Å². The molecule has 1 aromatic carbocycles. The predicted molar refractivity (Wildman–Crippen MR) is 141 cm³/mol. The number of pyridine rings is 1. The molecule has 0 saturated heterocycles. The van der Waals surface area contributed by atoms with Gasteiger partial charge in [0.05, 0.1) is 27.0 Å². The number of thiazole rings is 1. The Morgan fingerprint density at radius 3 is 2.50 bits per heavy atom. The Kier molecular flexibility index (Phi) is 7.22. The van der Waals surface area contributed by atoms with Crippen molar-refractivity contribution in [1.82, 2.24) is 9.97 Å². The van der Waals surface area contributed by atoms with Gasteiger partial charge in [0.25, 0.3) is 10.0 Å². The molecule has 0 bridgehead atoms. The van der Waals surface area contributed by atoms with Crippen LogP contribution in [0.1, 0.15) is 57.3 Å². The number of rotatable bonds is 7. The molecule has 0 atom stereocenters. The normalized spacial score (nSPS) is 15.3. The van der Waals surface area contributed by atoms with Crippen LogP contribution in [0.5, 0.6) is 0 Å². The lowest BCUT2D eigenvalue weighted by Gasteiger charge is -2.37. The highest BCUT2D eigenvalue weighted by atomic mass is 35.5. The van der Waals surface area contributed by atoms with Crippen LogP contribution in [0.25, 0.3) is 10.4 Å². The summed E-state index contributed by atoms with van der Waals surface area (Å²) >= 11 is 7.70. The minimum absolute atomic E-state index is 0.0547. The molecule has 1 aliphatic carbocycles. The summed E-state index contributed by atoms with van der Waals surface area (Å²) in [6.07, 6.45) is 8.07. The first-order valence-electron chi connectivity index (χ1n) is 11.6. The van der Waals surface area contributed by atoms with Gasteiger partial charge in [0, 0.05) is 17.3 Å². The molecule has 1 aliphatic rings. The Morgan fingerprint density at radius 2 is 1.79 bits per heavy atom. The van der Waals surface area contributed by atoms with Gasteiger partial charge in [-0.2, -0.15) is 0 Å². The number of nitrogens with zero attached hydrogens (tertiary/aromatic N) is 2. The molecule has 0 aliphatic heterocycles. The quantitative estimate of drug-likeness (QED) is 0.350. The maximum absolute atomic E-state index is 13.2. The van der Waals surface area contributed by atoms with Crippen molar-refractivity contribution in [3.05, 3.63) is 52.9 Å². The zero-order valence-electron chi connectivity index (χ0n) is 20.0. The van der Waals surface area contributed by atoms with Crippen molar-refractivity contribution >= 4 is 43.8 Å². The minimum Gasteiger partial charge on any atom is -0.356 e. The second-order valence-corrected chi connectivity index (χ2v) is 12.6. The van der Waals surface area contributed by atoms with Gasteiger partial charge < -0.3 is 5.32 Å². The fourth-order valence-corrected chi connectivity index (χ4v) is 7.23. The molecule has 4 rings (SSSR count). The lowest BCUT2D eigenvalue weighted by molar-refractivity contribution is 0.258. The number of hydrogen-bond acceptors (Lipinski definition) is 6. The van der Waals surface area contributed by atoms with Gasteiger partial charge in [0.15, 0.2) is 5.13 Å². The number of benzene rings is 1. The molecule has 34 heavy (non-hydrogen) atoms. The van der Waals surface area contributed by atoms with E-state index in [1.807, 2.05) is 6.92 Å². The minimum atomic E-state index is -3.87. The molecule has 1 fully saturated rings. The summed E-state index contributed by atoms with van der Waals surface area (Å²) in [5.74, 6) is 0.613. The largest absolute Gasteiger partial charge is 0.356 e. The first kappa shape index (κ1) is 24.9. The average molecular weight is 519 g/mol. The summed E-state index contributed by atoms with van der Waals surface area (Å²) in [5, 5.41) is 4.84. The number of hydrogen-bond donors (Lipinski definition) is 2. The number of anilines is 2. The number of nitrogens with one attached hydrogen (secondary N) is 2. The standard InChI is InChI=1S/C25H31ClN4O2S2/c1-16-22(34(31,32)30-21-13-9-8-12-20(21)26)14-18(15-27-16)23-17(2)28-24(33-23)29-25(3,4)19-10-6-5-7-11-19/h8-9,12-15,19,30H,5-7,10-11H2,1-4H3,(H,28,29). The van der Waals surface area contributed by atoms with Crippen molar-refractivity contribution in [2.45, 2.75) is 70.2 Å². The van der Waals surface area contributed by atoms with Gasteiger partial charge in [0.2, 0.25) is 0 Å². The molecule has 0 radical (unpaired) electrons. The van der Waals surface area contributed by atoms with E-state index in [2.05, 4.69) is 28.9 Å². The molecule has 2 N–H and O–H groups in total. The zero-order valence-corrected chi connectivity index (χ0v) is 22.4. The maximum Gasteiger partial charge on any atom is 0.263 e. The van der Waals surface area contributed by atoms with Crippen molar-refractivity contribution in [2.75, 3.05) is 10.0 Å². The molecule has 2 aromatic heterocycles. The molecule has 0 unspecified atom stereocenters. The fourth-order valence-electron chi connectivity index (χ4n) is 4.57. The SMILES string of the molecule is Cc1ncc(-c2sc(NC(C)(C)C3CCCCC3)nc2C)cc1S(=O)(=O)Nc1ccccc1Cl. The molecule has 1 saturated carbocycles. The summed E-state index contributed by atoms with van der Waals surface area (Å²) in [6.45, 7) is 8.13. The highest BCUT2D eigenvalue weighted by Gasteiger charge is 2.31. The third-order valence-corrected chi connectivity index (χ3v) is 9.49. The highest BCUT2D eigenvalue weighted by Crippen LogP contribution is 2.39. The van der Waals surface area contributed by atoms with Crippen LogP contribution >= 0.6 is 22.9 Å². The van der Waals surface area contributed by atoms with Gasteiger partial charge in [0.1, 0.15) is 4.90 Å². The lowest BCUT2D eigenvalue weighted by Crippen LogP contribution is -2.40. The average Bonchev–Trinajstić information content (AvgIpc) is 3.15. The monoisotopic (exact) mass is 518 g/mol. The number of sulfonamides is 1. The van der Waals surface area contributed by atoms with E-state index in [0.717, 1.165) is 21.3 Å². The Bertz CT molecular complexity index is 1280. The number of para-hydroxylation sites is 1. The Morgan fingerprint density at radius 1 is 1.09 bits per heavy atom. The van der Waals surface area contributed by atoms with Gasteiger partial charge in [-0.25, -0.2) is 13.4 Å². The second-order valence-electron chi connectivity index (χ2n) is 9.51. The summed E-state index contributed by atoms with van der Waals surface area (Å²) in [6, 6.07) is 8.42. The van der Waals surface area contributed by atoms with E-state index in [1.165, 1.54) is 43.4 Å². The molecule has 0 amide bonds. The van der Waals surface area contributed by atoms with Crippen LogP contribution in [0.15, 0.2) is 41.4 Å². The summed E-state index contributed by atoms with van der Waals surface area (Å²) < 4.78 is 28.9. The van der Waals surface area contributed by atoms with Gasteiger partial charge in [-0.15, -0.1) is 0 Å². The number of halogens is 1. The van der Waals surface area contributed by atoms with E-state index in [4.69, 9.17) is 16.6 Å². The number of aryl methyl sites for hydroxylation is 2. The van der Waals surface area contributed by atoms with Crippen LogP contribution in [0.4, 0.5) is 10.8 Å². The molecule has 6 nitrogen and oxygen atoms in total. The van der Waals surface area contributed by atoms with Gasteiger partial charge >= 0.3 is 0 Å². The van der Waals surface area contributed by atoms with Crippen LogP contribution in [-0.4, -0.2) is 23.9 Å². The fraction of sp³-hybridized carbons (Fsp3) is 0.440. The van der Waals surface area contributed by atoms with Gasteiger partial charge in [-0.05, 0) is 64.7 Å². The van der Waals surface area contributed by atoms with E-state index >= 15 is 0 Å². The predicted octanol–water partition coefficient (Wildman–Crippen LogP) is 7.05. The number of aromatic nitrogens is 2. The molecular weight excluding hydrogens is 488 g/mol. The first-order chi connectivity index (χ1) is 16.1. The zero-order chi connectivity index (χ0) is 24.5. The third kappa shape index (κ3) is 5.39. The highest BCUT2D eigenvalue weighted by molar-refractivity contribution is 7.92. The second kappa shape index (κ2) is 9.84. The van der Waals surface area contributed by atoms with E-state index in [9.17, 15) is 8.42 Å². The molecule has 3 aromatic rings. The van der Waals surface area contributed by atoms with Crippen molar-refractivity contribution in [3.8, 4) is 10.4 Å².